The van der Waals surface area contributed by atoms with E-state index in [0.29, 0.717) is 6.42 Å². The van der Waals surface area contributed by atoms with Crippen LogP contribution >= 0.6 is 0 Å². The predicted molar refractivity (Wildman–Crippen MR) is 116 cm³/mol. The van der Waals surface area contributed by atoms with E-state index in [1.807, 2.05) is 56.3 Å². The van der Waals surface area contributed by atoms with E-state index >= 15 is 0 Å². The molecule has 3 atom stereocenters. The Morgan fingerprint density at radius 1 is 1.20 bits per heavy atom. The number of guanidine groups is 1. The van der Waals surface area contributed by atoms with Gasteiger partial charge in [-0.05, 0) is 29.7 Å². The zero-order valence-corrected chi connectivity index (χ0v) is 17.3. The molecule has 0 aromatic heterocycles. The molecule has 3 rings (SSSR count). The number of nitrogens with zero attached hydrogens (tertiary/aromatic N) is 2. The van der Waals surface area contributed by atoms with Gasteiger partial charge in [-0.15, -0.1) is 0 Å². The highest BCUT2D eigenvalue weighted by Gasteiger charge is 2.40. The molecular weight excluding hydrogens is 382 g/mol. The van der Waals surface area contributed by atoms with Gasteiger partial charge in [0.25, 0.3) is 0 Å². The van der Waals surface area contributed by atoms with E-state index in [0.717, 1.165) is 16.3 Å². The Bertz CT molecular complexity index is 947. The molecule has 2 aromatic carbocycles. The van der Waals surface area contributed by atoms with Gasteiger partial charge in [0.2, 0.25) is 5.91 Å². The van der Waals surface area contributed by atoms with Gasteiger partial charge in [-0.1, -0.05) is 49.4 Å². The molecule has 8 nitrogen and oxygen atoms in total. The SMILES string of the molecule is CCC(NC(=N)N)[C@@H]1CN(C(=O)Cc2ccc3ccccc3c2)[C@H](C)CN1C(=O)O. The molecule has 1 aliphatic rings. The highest BCUT2D eigenvalue weighted by atomic mass is 16.4. The zero-order chi connectivity index (χ0) is 21.8. The van der Waals surface area contributed by atoms with Crippen LogP contribution in [0.1, 0.15) is 25.8 Å². The van der Waals surface area contributed by atoms with Gasteiger partial charge in [-0.25, -0.2) is 4.79 Å². The number of carboxylic acid groups (broad SMARTS) is 1. The first-order chi connectivity index (χ1) is 14.3. The summed E-state index contributed by atoms with van der Waals surface area (Å²) < 4.78 is 0. The molecule has 0 bridgehead atoms. The van der Waals surface area contributed by atoms with Crippen LogP contribution in [0.3, 0.4) is 0 Å². The molecule has 1 unspecified atom stereocenters. The van der Waals surface area contributed by atoms with Crippen molar-refractivity contribution in [2.45, 2.75) is 44.8 Å². The molecule has 2 amide bonds. The lowest BCUT2D eigenvalue weighted by Gasteiger charge is -2.46. The van der Waals surface area contributed by atoms with E-state index in [1.165, 1.54) is 4.90 Å². The third-order valence-electron chi connectivity index (χ3n) is 5.76. The van der Waals surface area contributed by atoms with Crippen molar-refractivity contribution in [3.8, 4) is 0 Å². The van der Waals surface area contributed by atoms with Crippen LogP contribution in [-0.2, 0) is 11.2 Å². The Labute approximate surface area is 176 Å². The highest BCUT2D eigenvalue weighted by molar-refractivity contribution is 5.85. The van der Waals surface area contributed by atoms with Crippen LogP contribution in [0.25, 0.3) is 10.8 Å². The Balaban J connectivity index is 1.79. The van der Waals surface area contributed by atoms with Crippen LogP contribution < -0.4 is 11.1 Å². The Morgan fingerprint density at radius 2 is 1.90 bits per heavy atom. The van der Waals surface area contributed by atoms with E-state index < -0.39 is 12.1 Å². The summed E-state index contributed by atoms with van der Waals surface area (Å²) in [6.45, 7) is 4.25. The van der Waals surface area contributed by atoms with E-state index in [-0.39, 0.29) is 43.5 Å². The Hall–Kier alpha value is -3.29. The molecule has 0 spiro atoms. The number of carbonyl (C=O) groups excluding carboxylic acids is 1. The van der Waals surface area contributed by atoms with E-state index in [2.05, 4.69) is 5.32 Å². The van der Waals surface area contributed by atoms with Crippen molar-refractivity contribution in [2.75, 3.05) is 13.1 Å². The lowest BCUT2D eigenvalue weighted by Crippen LogP contribution is -2.66. The standard InChI is InChI=1S/C22H29N5O3/c1-3-18(25-21(23)24)19-13-26(14(2)12-27(19)22(29)30)20(28)11-15-8-9-16-6-4-5-7-17(16)10-15/h4-10,14,18-19H,3,11-13H2,1-2H3,(H,29,30)(H4,23,24,25)/t14-,18?,19+/m1/s1. The number of benzene rings is 2. The topological polar surface area (TPSA) is 123 Å². The smallest absolute Gasteiger partial charge is 0.407 e. The molecular formula is C22H29N5O3. The monoisotopic (exact) mass is 411 g/mol. The van der Waals surface area contributed by atoms with Crippen LogP contribution in [-0.4, -0.2) is 64.1 Å². The summed E-state index contributed by atoms with van der Waals surface area (Å²) in [7, 11) is 0. The summed E-state index contributed by atoms with van der Waals surface area (Å²) in [5.74, 6) is -0.245. The van der Waals surface area contributed by atoms with Crippen molar-refractivity contribution in [3.05, 3.63) is 48.0 Å². The minimum Gasteiger partial charge on any atom is -0.465 e. The maximum Gasteiger partial charge on any atom is 0.407 e. The molecule has 2 aromatic rings. The molecule has 5 N–H and O–H groups in total. The summed E-state index contributed by atoms with van der Waals surface area (Å²) in [4.78, 5) is 28.1. The molecule has 8 heteroatoms. The van der Waals surface area contributed by atoms with Crippen molar-refractivity contribution in [2.24, 2.45) is 5.73 Å². The molecule has 1 saturated heterocycles. The fourth-order valence-electron chi connectivity index (χ4n) is 4.21. The second-order valence-corrected chi connectivity index (χ2v) is 7.83. The van der Waals surface area contributed by atoms with E-state index in [9.17, 15) is 14.7 Å². The number of rotatable bonds is 5. The van der Waals surface area contributed by atoms with Gasteiger partial charge < -0.3 is 21.1 Å². The average Bonchev–Trinajstić information content (AvgIpc) is 2.71. The van der Waals surface area contributed by atoms with Crippen LogP contribution in [0.5, 0.6) is 0 Å². The summed E-state index contributed by atoms with van der Waals surface area (Å²) in [5, 5.41) is 22.3. The maximum atomic E-state index is 13.1. The van der Waals surface area contributed by atoms with Crippen LogP contribution in [0.4, 0.5) is 4.79 Å². The highest BCUT2D eigenvalue weighted by Crippen LogP contribution is 2.22. The summed E-state index contributed by atoms with van der Waals surface area (Å²) >= 11 is 0. The first kappa shape index (κ1) is 21.4. The number of hydrogen-bond donors (Lipinski definition) is 4. The van der Waals surface area contributed by atoms with Crippen molar-refractivity contribution < 1.29 is 14.7 Å². The van der Waals surface area contributed by atoms with Crippen molar-refractivity contribution >= 4 is 28.7 Å². The largest absolute Gasteiger partial charge is 0.465 e. The lowest BCUT2D eigenvalue weighted by molar-refractivity contribution is -0.136. The minimum absolute atomic E-state index is 0.0366. The molecule has 0 aliphatic carbocycles. The van der Waals surface area contributed by atoms with E-state index in [4.69, 9.17) is 11.1 Å². The third-order valence-corrected chi connectivity index (χ3v) is 5.76. The summed E-state index contributed by atoms with van der Waals surface area (Å²) in [6.07, 6.45) is -0.196. The number of fused-ring (bicyclic) bond motifs is 1. The number of piperazine rings is 1. The third kappa shape index (κ3) is 4.64. The van der Waals surface area contributed by atoms with Gasteiger partial charge in [-0.3, -0.25) is 15.1 Å². The minimum atomic E-state index is -1.03. The number of carbonyl (C=O) groups is 2. The van der Waals surface area contributed by atoms with Gasteiger partial charge in [0, 0.05) is 19.1 Å². The van der Waals surface area contributed by atoms with Crippen LogP contribution in [0.2, 0.25) is 0 Å². The van der Waals surface area contributed by atoms with Crippen molar-refractivity contribution in [3.63, 3.8) is 0 Å². The first-order valence-corrected chi connectivity index (χ1v) is 10.2. The molecule has 1 heterocycles. The predicted octanol–water partition coefficient (Wildman–Crippen LogP) is 2.22. The molecule has 0 saturated carbocycles. The Kier molecular flexibility index (Phi) is 6.44. The fraction of sp³-hybridized carbons (Fsp3) is 0.409. The normalized spacial score (nSPS) is 20.1. The second kappa shape index (κ2) is 9.02. The number of hydrogen-bond acceptors (Lipinski definition) is 3. The zero-order valence-electron chi connectivity index (χ0n) is 17.3. The van der Waals surface area contributed by atoms with E-state index in [1.54, 1.807) is 4.90 Å². The first-order valence-electron chi connectivity index (χ1n) is 10.2. The second-order valence-electron chi connectivity index (χ2n) is 7.83. The number of nitrogens with two attached hydrogens (primary N) is 1. The fourth-order valence-corrected chi connectivity index (χ4v) is 4.21. The van der Waals surface area contributed by atoms with Gasteiger partial charge in [-0.2, -0.15) is 0 Å². The van der Waals surface area contributed by atoms with Crippen molar-refractivity contribution in [1.29, 1.82) is 5.41 Å². The maximum absolute atomic E-state index is 13.1. The summed E-state index contributed by atoms with van der Waals surface area (Å²) in [5.41, 5.74) is 6.42. The lowest BCUT2D eigenvalue weighted by atomic mass is 9.97. The molecule has 160 valence electrons. The molecule has 30 heavy (non-hydrogen) atoms. The number of nitrogens with one attached hydrogen (secondary N) is 2. The molecule has 0 radical (unpaired) electrons. The van der Waals surface area contributed by atoms with Crippen molar-refractivity contribution in [1.82, 2.24) is 15.1 Å². The van der Waals surface area contributed by atoms with Gasteiger partial charge in [0.05, 0.1) is 18.5 Å². The molecule has 1 fully saturated rings. The van der Waals surface area contributed by atoms with Crippen LogP contribution in [0.15, 0.2) is 42.5 Å². The van der Waals surface area contributed by atoms with Crippen LogP contribution in [0, 0.1) is 5.41 Å². The molecule has 1 aliphatic heterocycles. The van der Waals surface area contributed by atoms with Gasteiger partial charge >= 0.3 is 6.09 Å². The van der Waals surface area contributed by atoms with Gasteiger partial charge in [0.15, 0.2) is 5.96 Å². The average molecular weight is 412 g/mol. The van der Waals surface area contributed by atoms with Gasteiger partial charge in [0.1, 0.15) is 0 Å². The number of amides is 2. The Morgan fingerprint density at radius 3 is 2.53 bits per heavy atom. The summed E-state index contributed by atoms with van der Waals surface area (Å²) in [6, 6.07) is 12.9. The quantitative estimate of drug-likeness (QED) is 0.444.